The first-order valence-corrected chi connectivity index (χ1v) is 6.34. The first kappa shape index (κ1) is 17.0. The molecule has 0 saturated carbocycles. The maximum atomic E-state index is 12.3. The van der Waals surface area contributed by atoms with Crippen molar-refractivity contribution in [3.63, 3.8) is 0 Å². The summed E-state index contributed by atoms with van der Waals surface area (Å²) in [7, 11) is 0. The lowest BCUT2D eigenvalue weighted by Crippen LogP contribution is -2.07. The second-order valence-electron chi connectivity index (χ2n) is 3.61. The first-order valence-electron chi connectivity index (χ1n) is 5.09. The molecule has 0 aliphatic rings. The van der Waals surface area contributed by atoms with Crippen LogP contribution in [0.4, 0.5) is 22.0 Å². The van der Waals surface area contributed by atoms with Crippen LogP contribution in [-0.2, 0) is 4.79 Å². The highest BCUT2D eigenvalue weighted by Crippen LogP contribution is 2.43. The van der Waals surface area contributed by atoms with Crippen LogP contribution >= 0.6 is 23.4 Å². The number of alkyl halides is 6. The van der Waals surface area contributed by atoms with Crippen LogP contribution in [-0.4, -0.2) is 17.9 Å². The highest BCUT2D eigenvalue weighted by Gasteiger charge is 2.31. The molecule has 0 aliphatic carbocycles. The molecule has 1 atom stereocenters. The maximum Gasteiger partial charge on any atom is 0.446 e. The number of carbonyl (C=O) groups is 1. The minimum absolute atomic E-state index is 0.0846. The lowest BCUT2D eigenvalue weighted by atomic mass is 10.1. The van der Waals surface area contributed by atoms with Gasteiger partial charge in [-0.05, 0) is 36.4 Å². The second-order valence-corrected chi connectivity index (χ2v) is 5.15. The van der Waals surface area contributed by atoms with Gasteiger partial charge in [0.25, 0.3) is 0 Å². The van der Waals surface area contributed by atoms with Crippen molar-refractivity contribution >= 4 is 29.1 Å². The number of Topliss-reactive ketones (excluding diaryl/α,β-unsaturated/α-hetero) is 1. The van der Waals surface area contributed by atoms with Crippen molar-refractivity contribution in [1.29, 1.82) is 0 Å². The van der Waals surface area contributed by atoms with E-state index >= 15 is 0 Å². The molecule has 1 rings (SSSR count). The van der Waals surface area contributed by atoms with Crippen molar-refractivity contribution in [3.8, 4) is 5.75 Å². The summed E-state index contributed by atoms with van der Waals surface area (Å²) >= 11 is 5.13. The minimum Gasteiger partial charge on any atom is -0.434 e. The standard InChI is InChI=1S/C11H8ClF5O2S/c1-5(18)9(12)6-2-3-8(20-11(15,16)17)7(4-6)19-10(13)14/h2-4,9-10H,1H3. The largest absolute Gasteiger partial charge is 0.446 e. The Bertz CT molecular complexity index is 492. The van der Waals surface area contributed by atoms with Crippen molar-refractivity contribution in [2.24, 2.45) is 0 Å². The number of ketones is 1. The molecule has 20 heavy (non-hydrogen) atoms. The number of thioether (sulfide) groups is 1. The van der Waals surface area contributed by atoms with E-state index in [9.17, 15) is 26.7 Å². The monoisotopic (exact) mass is 334 g/mol. The number of hydrogen-bond donors (Lipinski definition) is 0. The molecular formula is C11H8ClF5O2S. The van der Waals surface area contributed by atoms with Gasteiger partial charge >= 0.3 is 12.1 Å². The SMILES string of the molecule is CC(=O)C(Cl)c1ccc(SC(F)(F)F)c(OC(F)F)c1. The summed E-state index contributed by atoms with van der Waals surface area (Å²) in [6.07, 6.45) is 0. The van der Waals surface area contributed by atoms with Gasteiger partial charge in [0, 0.05) is 0 Å². The Hall–Kier alpha value is -1.02. The van der Waals surface area contributed by atoms with E-state index < -0.39 is 45.7 Å². The minimum atomic E-state index is -4.65. The van der Waals surface area contributed by atoms with Crippen molar-refractivity contribution in [2.45, 2.75) is 29.3 Å². The Morgan fingerprint density at radius 2 is 1.95 bits per heavy atom. The van der Waals surface area contributed by atoms with E-state index in [1.165, 1.54) is 6.92 Å². The van der Waals surface area contributed by atoms with Crippen LogP contribution in [0.5, 0.6) is 5.75 Å². The summed E-state index contributed by atoms with van der Waals surface area (Å²) in [5.74, 6) is -1.14. The third-order valence-corrected chi connectivity index (χ3v) is 3.41. The molecule has 0 aliphatic heterocycles. The van der Waals surface area contributed by atoms with Crippen LogP contribution in [0.2, 0.25) is 0 Å². The normalized spacial score (nSPS) is 13.4. The van der Waals surface area contributed by atoms with Gasteiger partial charge in [-0.3, -0.25) is 4.79 Å². The second kappa shape index (κ2) is 6.62. The molecule has 0 spiro atoms. The summed E-state index contributed by atoms with van der Waals surface area (Å²) < 4.78 is 65.3. The molecule has 2 nitrogen and oxygen atoms in total. The zero-order valence-corrected chi connectivity index (χ0v) is 11.5. The van der Waals surface area contributed by atoms with Crippen LogP contribution in [0.3, 0.4) is 0 Å². The lowest BCUT2D eigenvalue weighted by Gasteiger charge is -2.14. The zero-order chi connectivity index (χ0) is 15.5. The molecule has 0 saturated heterocycles. The quantitative estimate of drug-likeness (QED) is 0.441. The van der Waals surface area contributed by atoms with Crippen molar-refractivity contribution in [2.75, 3.05) is 0 Å². The molecule has 0 bridgehead atoms. The molecule has 112 valence electrons. The zero-order valence-electron chi connectivity index (χ0n) is 9.88. The van der Waals surface area contributed by atoms with Gasteiger partial charge in [-0.25, -0.2) is 0 Å². The van der Waals surface area contributed by atoms with Gasteiger partial charge in [0.05, 0.1) is 4.90 Å². The maximum absolute atomic E-state index is 12.3. The molecule has 0 radical (unpaired) electrons. The van der Waals surface area contributed by atoms with Crippen molar-refractivity contribution in [1.82, 2.24) is 0 Å². The highest BCUT2D eigenvalue weighted by atomic mass is 35.5. The number of hydrogen-bond acceptors (Lipinski definition) is 3. The van der Waals surface area contributed by atoms with E-state index in [0.717, 1.165) is 18.2 Å². The van der Waals surface area contributed by atoms with Gasteiger partial charge in [0.15, 0.2) is 5.78 Å². The highest BCUT2D eigenvalue weighted by molar-refractivity contribution is 8.00. The van der Waals surface area contributed by atoms with E-state index in [1.807, 2.05) is 0 Å². The number of carbonyl (C=O) groups excluding carboxylic acids is 1. The summed E-state index contributed by atoms with van der Waals surface area (Å²) in [5.41, 5.74) is -4.57. The molecule has 9 heteroatoms. The smallest absolute Gasteiger partial charge is 0.434 e. The van der Waals surface area contributed by atoms with Gasteiger partial charge in [-0.1, -0.05) is 6.07 Å². The topological polar surface area (TPSA) is 26.3 Å². The van der Waals surface area contributed by atoms with Crippen LogP contribution < -0.4 is 4.74 Å². The summed E-state index contributed by atoms with van der Waals surface area (Å²) in [4.78, 5) is 10.6. The predicted octanol–water partition coefficient (Wildman–Crippen LogP) is 4.77. The van der Waals surface area contributed by atoms with E-state index in [-0.39, 0.29) is 5.56 Å². The first-order chi connectivity index (χ1) is 9.10. The van der Waals surface area contributed by atoms with E-state index in [2.05, 4.69) is 4.74 Å². The molecule has 0 amide bonds. The summed E-state index contributed by atoms with van der Waals surface area (Å²) in [5, 5.41) is -1.14. The summed E-state index contributed by atoms with van der Waals surface area (Å²) in [6.45, 7) is -2.12. The molecule has 0 N–H and O–H groups in total. The van der Waals surface area contributed by atoms with Gasteiger partial charge in [-0.2, -0.15) is 22.0 Å². The molecule has 0 aromatic heterocycles. The Morgan fingerprint density at radius 1 is 1.35 bits per heavy atom. The van der Waals surface area contributed by atoms with E-state index in [0.29, 0.717) is 0 Å². The van der Waals surface area contributed by atoms with Crippen molar-refractivity contribution < 1.29 is 31.5 Å². The number of ether oxygens (including phenoxy) is 1. The van der Waals surface area contributed by atoms with Crippen LogP contribution in [0.25, 0.3) is 0 Å². The van der Waals surface area contributed by atoms with Crippen LogP contribution in [0.1, 0.15) is 17.9 Å². The van der Waals surface area contributed by atoms with E-state index in [4.69, 9.17) is 11.6 Å². The lowest BCUT2D eigenvalue weighted by molar-refractivity contribution is -0.116. The number of rotatable bonds is 5. The van der Waals surface area contributed by atoms with Crippen LogP contribution in [0, 0.1) is 0 Å². The Labute approximate surface area is 120 Å². The third-order valence-electron chi connectivity index (χ3n) is 2.06. The van der Waals surface area contributed by atoms with E-state index in [1.54, 1.807) is 0 Å². The predicted molar refractivity (Wildman–Crippen MR) is 64.3 cm³/mol. The fraction of sp³-hybridized carbons (Fsp3) is 0.364. The Kier molecular flexibility index (Phi) is 5.64. The summed E-state index contributed by atoms with van der Waals surface area (Å²) in [6, 6.07) is 2.99. The van der Waals surface area contributed by atoms with Gasteiger partial charge in [0.2, 0.25) is 0 Å². The third kappa shape index (κ3) is 5.16. The molecular weight excluding hydrogens is 327 g/mol. The van der Waals surface area contributed by atoms with Gasteiger partial charge < -0.3 is 4.74 Å². The molecule has 0 heterocycles. The van der Waals surface area contributed by atoms with Gasteiger partial charge in [0.1, 0.15) is 11.1 Å². The molecule has 1 aromatic rings. The Balaban J connectivity index is 3.15. The van der Waals surface area contributed by atoms with Crippen LogP contribution in [0.15, 0.2) is 23.1 Å². The fourth-order valence-electron chi connectivity index (χ4n) is 1.31. The molecule has 1 aromatic carbocycles. The van der Waals surface area contributed by atoms with Gasteiger partial charge in [-0.15, -0.1) is 11.6 Å². The molecule has 0 fully saturated rings. The number of halogens is 6. The molecule has 1 unspecified atom stereocenters. The number of benzene rings is 1. The average molecular weight is 335 g/mol. The fourth-order valence-corrected chi connectivity index (χ4v) is 2.04. The Morgan fingerprint density at radius 3 is 2.40 bits per heavy atom. The average Bonchev–Trinajstić information content (AvgIpc) is 2.27. The van der Waals surface area contributed by atoms with Crippen molar-refractivity contribution in [3.05, 3.63) is 23.8 Å².